The summed E-state index contributed by atoms with van der Waals surface area (Å²) in [4.78, 5) is 10.0. The lowest BCUT2D eigenvalue weighted by Crippen LogP contribution is -2.51. The summed E-state index contributed by atoms with van der Waals surface area (Å²) in [5, 5.41) is 0. The first-order valence-electron chi connectivity index (χ1n) is 2.50. The smallest absolute Gasteiger partial charge is 0.196 e. The van der Waals surface area contributed by atoms with Crippen molar-refractivity contribution >= 4 is 18.7 Å². The lowest BCUT2D eigenvalue weighted by atomic mass is 10.4. The van der Waals surface area contributed by atoms with Crippen molar-refractivity contribution in [2.45, 2.75) is 6.17 Å². The van der Waals surface area contributed by atoms with Crippen LogP contribution in [-0.4, -0.2) is 38.1 Å². The van der Waals surface area contributed by atoms with Crippen molar-refractivity contribution in [2.24, 2.45) is 5.73 Å². The van der Waals surface area contributed by atoms with Crippen LogP contribution in [0.1, 0.15) is 0 Å². The number of quaternary nitrogens is 1. The van der Waals surface area contributed by atoms with Crippen LogP contribution >= 0.6 is 12.4 Å². The Morgan fingerprint density at radius 3 is 1.78 bits per heavy atom. The van der Waals surface area contributed by atoms with Crippen molar-refractivity contribution in [3.05, 3.63) is 0 Å². The maximum atomic E-state index is 10.0. The molecule has 0 amide bonds. The number of nitrogens with zero attached hydrogens (tertiary/aromatic N) is 1. The molecule has 9 heavy (non-hydrogen) atoms. The minimum Gasteiger partial charge on any atom is -0.310 e. The van der Waals surface area contributed by atoms with Gasteiger partial charge in [0.05, 0.1) is 21.1 Å². The summed E-state index contributed by atoms with van der Waals surface area (Å²) in [6.07, 6.45) is 0.356. The molecule has 4 heteroatoms. The van der Waals surface area contributed by atoms with Gasteiger partial charge in [-0.1, -0.05) is 0 Å². The Balaban J connectivity index is 0. The van der Waals surface area contributed by atoms with E-state index in [0.29, 0.717) is 4.48 Å². The van der Waals surface area contributed by atoms with Gasteiger partial charge in [-0.05, 0) is 0 Å². The van der Waals surface area contributed by atoms with Gasteiger partial charge >= 0.3 is 0 Å². The highest BCUT2D eigenvalue weighted by atomic mass is 35.5. The average Bonchev–Trinajstić information content (AvgIpc) is 1.62. The first-order chi connectivity index (χ1) is 3.48. The Labute approximate surface area is 61.8 Å². The second-order valence-electron chi connectivity index (χ2n) is 2.74. The number of halogens is 1. The van der Waals surface area contributed by atoms with Crippen LogP contribution in [0.2, 0.25) is 0 Å². The first-order valence-corrected chi connectivity index (χ1v) is 2.50. The van der Waals surface area contributed by atoms with Gasteiger partial charge in [-0.25, -0.2) is 0 Å². The fourth-order valence-electron chi connectivity index (χ4n) is 0.183. The van der Waals surface area contributed by atoms with E-state index in [0.717, 1.165) is 6.29 Å². The van der Waals surface area contributed by atoms with Crippen molar-refractivity contribution in [3.63, 3.8) is 0 Å². The van der Waals surface area contributed by atoms with E-state index in [1.54, 1.807) is 0 Å². The molecule has 0 fully saturated rings. The van der Waals surface area contributed by atoms with Crippen molar-refractivity contribution in [1.29, 1.82) is 0 Å². The van der Waals surface area contributed by atoms with Gasteiger partial charge in [0.15, 0.2) is 12.5 Å². The third-order valence-electron chi connectivity index (χ3n) is 1.03. The van der Waals surface area contributed by atoms with Gasteiger partial charge in [0, 0.05) is 0 Å². The number of likely N-dealkylation sites (N-methyl/N-ethyl adjacent to an activating group) is 1. The van der Waals surface area contributed by atoms with E-state index in [1.165, 1.54) is 0 Å². The number of hydrogen-bond donors (Lipinski definition) is 1. The van der Waals surface area contributed by atoms with Crippen molar-refractivity contribution < 1.29 is 9.28 Å². The third-order valence-corrected chi connectivity index (χ3v) is 1.03. The van der Waals surface area contributed by atoms with Crippen molar-refractivity contribution in [1.82, 2.24) is 0 Å². The predicted molar refractivity (Wildman–Crippen MR) is 39.3 cm³/mol. The maximum absolute atomic E-state index is 10.0. The molecule has 0 bridgehead atoms. The lowest BCUT2D eigenvalue weighted by molar-refractivity contribution is -0.885. The third kappa shape index (κ3) is 4.39. The van der Waals surface area contributed by atoms with Crippen LogP contribution in [0, 0.1) is 0 Å². The number of hydrogen-bond acceptors (Lipinski definition) is 2. The fourth-order valence-corrected chi connectivity index (χ4v) is 0.183. The molecule has 0 spiro atoms. The summed E-state index contributed by atoms with van der Waals surface area (Å²) in [5.74, 6) is 0. The summed E-state index contributed by atoms with van der Waals surface area (Å²) in [7, 11) is 5.62. The molecule has 0 aromatic heterocycles. The maximum Gasteiger partial charge on any atom is 0.196 e. The Hall–Kier alpha value is -0.120. The molecule has 3 nitrogen and oxygen atoms in total. The van der Waals surface area contributed by atoms with Crippen LogP contribution in [0.15, 0.2) is 0 Å². The summed E-state index contributed by atoms with van der Waals surface area (Å²) < 4.78 is 0.490. The molecule has 0 aliphatic carbocycles. The molecule has 1 unspecified atom stereocenters. The van der Waals surface area contributed by atoms with Crippen LogP contribution < -0.4 is 5.73 Å². The van der Waals surface area contributed by atoms with Crippen LogP contribution in [0.25, 0.3) is 0 Å². The molecule has 0 aliphatic heterocycles. The number of carbonyl (C=O) groups excluding carboxylic acids is 1. The molecule has 0 aromatic rings. The Bertz CT molecular complexity index is 89.4. The van der Waals surface area contributed by atoms with Gasteiger partial charge in [0.1, 0.15) is 0 Å². The minimum absolute atomic E-state index is 0. The molecule has 0 aliphatic rings. The second-order valence-corrected chi connectivity index (χ2v) is 2.74. The number of nitrogens with two attached hydrogens (primary N) is 1. The van der Waals surface area contributed by atoms with E-state index in [4.69, 9.17) is 5.73 Å². The Kier molecular flexibility index (Phi) is 4.95. The van der Waals surface area contributed by atoms with Gasteiger partial charge in [0.25, 0.3) is 0 Å². The molecule has 2 N–H and O–H groups in total. The van der Waals surface area contributed by atoms with E-state index >= 15 is 0 Å². The van der Waals surface area contributed by atoms with E-state index in [9.17, 15) is 4.79 Å². The van der Waals surface area contributed by atoms with E-state index < -0.39 is 6.17 Å². The zero-order valence-corrected chi connectivity index (χ0v) is 6.81. The van der Waals surface area contributed by atoms with E-state index in [-0.39, 0.29) is 12.4 Å². The average molecular weight is 154 g/mol. The van der Waals surface area contributed by atoms with Gasteiger partial charge < -0.3 is 4.48 Å². The SMILES string of the molecule is C[N+](C)(C)C(N)C=O.Cl. The van der Waals surface area contributed by atoms with Crippen LogP contribution in [0.4, 0.5) is 0 Å². The molecule has 0 rings (SSSR count). The molecule has 0 heterocycles. The fraction of sp³-hybridized carbons (Fsp3) is 0.800. The summed E-state index contributed by atoms with van der Waals surface area (Å²) in [6, 6.07) is 0. The first kappa shape index (κ1) is 11.6. The molecule has 0 aromatic carbocycles. The highest BCUT2D eigenvalue weighted by Crippen LogP contribution is 1.90. The molecular formula is C5H14ClN2O+. The van der Waals surface area contributed by atoms with Crippen molar-refractivity contribution in [3.8, 4) is 0 Å². The van der Waals surface area contributed by atoms with Crippen molar-refractivity contribution in [2.75, 3.05) is 21.1 Å². The summed E-state index contributed by atoms with van der Waals surface area (Å²) in [6.45, 7) is 0. The van der Waals surface area contributed by atoms with E-state index in [2.05, 4.69) is 0 Å². The zero-order chi connectivity index (χ0) is 6.78. The largest absolute Gasteiger partial charge is 0.310 e. The quantitative estimate of drug-likeness (QED) is 0.333. The molecule has 0 saturated heterocycles. The van der Waals surface area contributed by atoms with E-state index in [1.807, 2.05) is 21.1 Å². The molecule has 0 radical (unpaired) electrons. The summed E-state index contributed by atoms with van der Waals surface area (Å²) in [5.41, 5.74) is 5.35. The Morgan fingerprint density at radius 2 is 1.78 bits per heavy atom. The molecule has 56 valence electrons. The number of aldehydes is 1. The Morgan fingerprint density at radius 1 is 1.44 bits per heavy atom. The van der Waals surface area contributed by atoms with Gasteiger partial charge in [0.2, 0.25) is 0 Å². The molecule has 0 saturated carbocycles. The highest BCUT2D eigenvalue weighted by molar-refractivity contribution is 5.85. The predicted octanol–water partition coefficient (Wildman–Crippen LogP) is -0.402. The highest BCUT2D eigenvalue weighted by Gasteiger charge is 2.16. The topological polar surface area (TPSA) is 43.1 Å². The molecular weight excluding hydrogens is 140 g/mol. The van der Waals surface area contributed by atoms with Crippen LogP contribution in [0.3, 0.4) is 0 Å². The summed E-state index contributed by atoms with van der Waals surface area (Å²) >= 11 is 0. The zero-order valence-electron chi connectivity index (χ0n) is 6.00. The van der Waals surface area contributed by atoms with Crippen LogP contribution in [0.5, 0.6) is 0 Å². The van der Waals surface area contributed by atoms with Gasteiger partial charge in [-0.2, -0.15) is 0 Å². The number of rotatable bonds is 2. The minimum atomic E-state index is -0.394. The van der Waals surface area contributed by atoms with Gasteiger partial charge in [-0.15, -0.1) is 12.4 Å². The normalized spacial score (nSPS) is 13.8. The van der Waals surface area contributed by atoms with Gasteiger partial charge in [-0.3, -0.25) is 10.5 Å². The second kappa shape index (κ2) is 3.82. The standard InChI is InChI=1S/C5H13N2O.ClH/c1-7(2,3)5(6)4-8;/h4-5H,6H2,1-3H3;1H/q+1;. The lowest BCUT2D eigenvalue weighted by Gasteiger charge is -2.26. The number of carbonyl (C=O) groups is 1. The monoisotopic (exact) mass is 153 g/mol. The van der Waals surface area contributed by atoms with Crippen LogP contribution in [-0.2, 0) is 4.79 Å². The molecule has 1 atom stereocenters.